The van der Waals surface area contributed by atoms with Crippen LogP contribution in [0.15, 0.2) is 12.1 Å². The van der Waals surface area contributed by atoms with Gasteiger partial charge in [-0.05, 0) is 31.9 Å². The summed E-state index contributed by atoms with van der Waals surface area (Å²) in [5.41, 5.74) is 4.13. The number of fused-ring (bicyclic) bond motifs is 2. The standard InChI is InChI=1S/C17H23NO3/c1-4-5-6-7-18-15-13(3)10-12(2)11-14(15)17(16(18)19)20-8-9-21-17/h10-11H,4-9H2,1-3H3. The largest absolute Gasteiger partial charge is 0.336 e. The Kier molecular flexibility index (Phi) is 3.76. The monoisotopic (exact) mass is 289 g/mol. The third kappa shape index (κ3) is 2.17. The Bertz CT molecular complexity index is 561. The number of hydrogen-bond acceptors (Lipinski definition) is 3. The first-order chi connectivity index (χ1) is 10.1. The number of amides is 1. The van der Waals surface area contributed by atoms with Crippen LogP contribution in [0.1, 0.15) is 42.9 Å². The normalized spacial score (nSPS) is 19.6. The lowest BCUT2D eigenvalue weighted by Gasteiger charge is -2.22. The van der Waals surface area contributed by atoms with E-state index >= 15 is 0 Å². The molecule has 0 atom stereocenters. The van der Waals surface area contributed by atoms with Crippen molar-refractivity contribution in [2.45, 2.75) is 45.8 Å². The van der Waals surface area contributed by atoms with Crippen molar-refractivity contribution in [3.05, 3.63) is 28.8 Å². The van der Waals surface area contributed by atoms with Crippen LogP contribution in [0.5, 0.6) is 0 Å². The number of aryl methyl sites for hydroxylation is 2. The molecule has 4 nitrogen and oxygen atoms in total. The summed E-state index contributed by atoms with van der Waals surface area (Å²) in [5, 5.41) is 0. The number of ether oxygens (including phenoxy) is 2. The van der Waals surface area contributed by atoms with Gasteiger partial charge in [0.2, 0.25) is 0 Å². The van der Waals surface area contributed by atoms with Gasteiger partial charge in [0.05, 0.1) is 18.9 Å². The second kappa shape index (κ2) is 5.43. The highest BCUT2D eigenvalue weighted by Gasteiger charge is 2.56. The van der Waals surface area contributed by atoms with Crippen LogP contribution in [-0.2, 0) is 20.1 Å². The Morgan fingerprint density at radius 1 is 1.19 bits per heavy atom. The Morgan fingerprint density at radius 3 is 2.57 bits per heavy atom. The van der Waals surface area contributed by atoms with Gasteiger partial charge in [0.1, 0.15) is 0 Å². The van der Waals surface area contributed by atoms with E-state index < -0.39 is 5.79 Å². The fourth-order valence-corrected chi connectivity index (χ4v) is 3.39. The predicted octanol–water partition coefficient (Wildman–Crippen LogP) is 3.04. The molecule has 3 rings (SSSR count). The van der Waals surface area contributed by atoms with Gasteiger partial charge < -0.3 is 14.4 Å². The Hall–Kier alpha value is -1.39. The van der Waals surface area contributed by atoms with E-state index in [0.29, 0.717) is 13.2 Å². The summed E-state index contributed by atoms with van der Waals surface area (Å²) in [6, 6.07) is 4.15. The van der Waals surface area contributed by atoms with Crippen LogP contribution in [0.3, 0.4) is 0 Å². The third-order valence-corrected chi connectivity index (χ3v) is 4.28. The van der Waals surface area contributed by atoms with E-state index in [9.17, 15) is 4.79 Å². The molecule has 2 aliphatic heterocycles. The lowest BCUT2D eigenvalue weighted by molar-refractivity contribution is -0.180. The highest BCUT2D eigenvalue weighted by molar-refractivity contribution is 6.07. The van der Waals surface area contributed by atoms with Gasteiger partial charge >= 0.3 is 0 Å². The van der Waals surface area contributed by atoms with Crippen molar-refractivity contribution in [1.82, 2.24) is 0 Å². The van der Waals surface area contributed by atoms with Gasteiger partial charge in [-0.1, -0.05) is 31.4 Å². The maximum absolute atomic E-state index is 12.9. The quantitative estimate of drug-likeness (QED) is 0.800. The van der Waals surface area contributed by atoms with Crippen molar-refractivity contribution >= 4 is 11.6 Å². The Morgan fingerprint density at radius 2 is 1.90 bits per heavy atom. The molecule has 4 heteroatoms. The highest BCUT2D eigenvalue weighted by atomic mass is 16.7. The van der Waals surface area contributed by atoms with E-state index in [4.69, 9.17) is 9.47 Å². The van der Waals surface area contributed by atoms with E-state index in [1.54, 1.807) is 0 Å². The number of unbranched alkanes of at least 4 members (excludes halogenated alkanes) is 2. The molecule has 0 radical (unpaired) electrons. The molecule has 1 saturated heterocycles. The molecule has 1 spiro atoms. The van der Waals surface area contributed by atoms with Crippen molar-refractivity contribution in [2.75, 3.05) is 24.7 Å². The molecule has 0 saturated carbocycles. The van der Waals surface area contributed by atoms with Crippen molar-refractivity contribution in [1.29, 1.82) is 0 Å². The minimum atomic E-state index is -1.18. The zero-order valence-corrected chi connectivity index (χ0v) is 13.1. The summed E-state index contributed by atoms with van der Waals surface area (Å²) in [5.74, 6) is -1.24. The van der Waals surface area contributed by atoms with E-state index in [-0.39, 0.29) is 5.91 Å². The summed E-state index contributed by atoms with van der Waals surface area (Å²) in [4.78, 5) is 14.8. The lowest BCUT2D eigenvalue weighted by Crippen LogP contribution is -2.41. The highest BCUT2D eigenvalue weighted by Crippen LogP contribution is 2.47. The van der Waals surface area contributed by atoms with Gasteiger partial charge in [-0.15, -0.1) is 0 Å². The number of rotatable bonds is 4. The fourth-order valence-electron chi connectivity index (χ4n) is 3.39. The van der Waals surface area contributed by atoms with Gasteiger partial charge in [-0.25, -0.2) is 0 Å². The first-order valence-electron chi connectivity index (χ1n) is 7.81. The molecule has 0 aliphatic carbocycles. The average molecular weight is 289 g/mol. The molecule has 114 valence electrons. The van der Waals surface area contributed by atoms with Crippen molar-refractivity contribution in [3.8, 4) is 0 Å². The molecule has 1 amide bonds. The molecular weight excluding hydrogens is 266 g/mol. The molecule has 21 heavy (non-hydrogen) atoms. The first kappa shape index (κ1) is 14.5. The molecule has 1 aromatic carbocycles. The van der Waals surface area contributed by atoms with E-state index in [1.165, 1.54) is 0 Å². The van der Waals surface area contributed by atoms with Crippen molar-refractivity contribution < 1.29 is 14.3 Å². The zero-order valence-electron chi connectivity index (χ0n) is 13.1. The topological polar surface area (TPSA) is 38.8 Å². The van der Waals surface area contributed by atoms with Gasteiger partial charge in [-0.2, -0.15) is 0 Å². The van der Waals surface area contributed by atoms with E-state index in [2.05, 4.69) is 19.9 Å². The minimum Gasteiger partial charge on any atom is -0.336 e. The molecule has 0 unspecified atom stereocenters. The average Bonchev–Trinajstić information content (AvgIpc) is 3.01. The molecule has 1 aromatic rings. The zero-order chi connectivity index (χ0) is 15.0. The third-order valence-electron chi connectivity index (χ3n) is 4.28. The van der Waals surface area contributed by atoms with Gasteiger partial charge in [0.25, 0.3) is 11.7 Å². The summed E-state index contributed by atoms with van der Waals surface area (Å²) in [6.07, 6.45) is 3.27. The number of benzene rings is 1. The Labute approximate surface area is 126 Å². The predicted molar refractivity (Wildman–Crippen MR) is 81.4 cm³/mol. The second-order valence-electron chi connectivity index (χ2n) is 5.96. The summed E-state index contributed by atoms with van der Waals surface area (Å²) >= 11 is 0. The van der Waals surface area contributed by atoms with Gasteiger partial charge in [0.15, 0.2) is 0 Å². The first-order valence-corrected chi connectivity index (χ1v) is 7.81. The molecule has 2 aliphatic rings. The van der Waals surface area contributed by atoms with E-state index in [1.807, 2.05) is 17.9 Å². The summed E-state index contributed by atoms with van der Waals surface area (Å²) < 4.78 is 11.5. The molecule has 0 bridgehead atoms. The van der Waals surface area contributed by atoms with Crippen LogP contribution in [0, 0.1) is 13.8 Å². The molecule has 0 N–H and O–H groups in total. The summed E-state index contributed by atoms with van der Waals surface area (Å²) in [6.45, 7) is 7.94. The van der Waals surface area contributed by atoms with Crippen LogP contribution in [-0.4, -0.2) is 25.7 Å². The number of nitrogens with zero attached hydrogens (tertiary/aromatic N) is 1. The smallest absolute Gasteiger partial charge is 0.292 e. The van der Waals surface area contributed by atoms with Crippen LogP contribution in [0.25, 0.3) is 0 Å². The molecule has 1 fully saturated rings. The van der Waals surface area contributed by atoms with Crippen LogP contribution < -0.4 is 4.90 Å². The van der Waals surface area contributed by atoms with Crippen LogP contribution in [0.4, 0.5) is 5.69 Å². The van der Waals surface area contributed by atoms with Crippen molar-refractivity contribution in [3.63, 3.8) is 0 Å². The van der Waals surface area contributed by atoms with Gasteiger partial charge in [-0.3, -0.25) is 4.79 Å². The second-order valence-corrected chi connectivity index (χ2v) is 5.96. The maximum Gasteiger partial charge on any atom is 0.292 e. The minimum absolute atomic E-state index is 0.0557. The van der Waals surface area contributed by atoms with Crippen LogP contribution >= 0.6 is 0 Å². The van der Waals surface area contributed by atoms with Crippen LogP contribution in [0.2, 0.25) is 0 Å². The molecule has 2 heterocycles. The molecule has 0 aromatic heterocycles. The molecular formula is C17H23NO3. The number of carbonyl (C=O) groups is 1. The van der Waals surface area contributed by atoms with Gasteiger partial charge in [0, 0.05) is 12.1 Å². The number of anilines is 1. The SMILES string of the molecule is CCCCCN1C(=O)C2(OCCO2)c2cc(C)cc(C)c21. The lowest BCUT2D eigenvalue weighted by atomic mass is 10.0. The van der Waals surface area contributed by atoms with E-state index in [0.717, 1.165) is 48.2 Å². The number of hydrogen-bond donors (Lipinski definition) is 0. The van der Waals surface area contributed by atoms with Crippen molar-refractivity contribution in [2.24, 2.45) is 0 Å². The fraction of sp³-hybridized carbons (Fsp3) is 0.588. The Balaban J connectivity index is 2.04. The maximum atomic E-state index is 12.9. The summed E-state index contributed by atoms with van der Waals surface area (Å²) in [7, 11) is 0. The number of carbonyl (C=O) groups excluding carboxylic acids is 1.